The Bertz CT molecular complexity index is 1250. The van der Waals surface area contributed by atoms with Gasteiger partial charge in [-0.3, -0.25) is 9.89 Å². The largest absolute Gasteiger partial charge is 0.489 e. The molecule has 4 aromatic rings. The van der Waals surface area contributed by atoms with Crippen LogP contribution < -0.4 is 10.2 Å². The summed E-state index contributed by atoms with van der Waals surface area (Å²) in [4.78, 5) is 12.5. The molecule has 0 aliphatic rings. The molecular weight excluding hydrogens is 412 g/mol. The van der Waals surface area contributed by atoms with E-state index in [-0.39, 0.29) is 5.91 Å². The fraction of sp³-hybridized carbons (Fsp3) is 0.148. The number of aryl methyl sites for hydroxylation is 2. The number of aromatic nitrogens is 2. The number of rotatable bonds is 7. The molecule has 6 nitrogen and oxygen atoms in total. The number of hydrogen-bond donors (Lipinski definition) is 2. The molecule has 0 spiro atoms. The first kappa shape index (κ1) is 22.0. The van der Waals surface area contributed by atoms with Crippen LogP contribution in [-0.2, 0) is 6.61 Å². The number of hydrogen-bond acceptors (Lipinski definition) is 4. The summed E-state index contributed by atoms with van der Waals surface area (Å²) in [5, 5.41) is 11.2. The minimum absolute atomic E-state index is 0.338. The standard InChI is InChI=1S/C27H26N4O2/c1-18-4-8-21(9-5-18)17-33-24-14-12-23(13-15-24)25-16-26(30-29-25)27(32)31-28-20(3)22-10-6-19(2)7-11-22/h4-16H,17H2,1-3H3,(H,29,30)(H,31,32). The molecule has 33 heavy (non-hydrogen) atoms. The Hall–Kier alpha value is -4.19. The van der Waals surface area contributed by atoms with Crippen LogP contribution in [0, 0.1) is 13.8 Å². The maximum absolute atomic E-state index is 12.5. The van der Waals surface area contributed by atoms with E-state index in [0.29, 0.717) is 18.0 Å². The van der Waals surface area contributed by atoms with Gasteiger partial charge < -0.3 is 4.74 Å². The number of amides is 1. The van der Waals surface area contributed by atoms with E-state index in [1.54, 1.807) is 6.07 Å². The van der Waals surface area contributed by atoms with Crippen molar-refractivity contribution in [3.63, 3.8) is 0 Å². The Kier molecular flexibility index (Phi) is 6.64. The van der Waals surface area contributed by atoms with E-state index < -0.39 is 0 Å². The van der Waals surface area contributed by atoms with Crippen molar-refractivity contribution in [3.05, 3.63) is 107 Å². The van der Waals surface area contributed by atoms with Gasteiger partial charge in [0.15, 0.2) is 0 Å². The highest BCUT2D eigenvalue weighted by atomic mass is 16.5. The SMILES string of the molecule is CC(=NNC(=O)c1cc(-c2ccc(OCc3ccc(C)cc3)cc2)n[nH]1)c1ccc(C)cc1. The Morgan fingerprint density at radius 1 is 0.939 bits per heavy atom. The molecule has 0 radical (unpaired) electrons. The molecule has 0 aliphatic heterocycles. The van der Waals surface area contributed by atoms with Crippen LogP contribution in [0.15, 0.2) is 84.0 Å². The zero-order valence-electron chi connectivity index (χ0n) is 18.9. The van der Waals surface area contributed by atoms with Crippen molar-refractivity contribution in [1.29, 1.82) is 0 Å². The lowest BCUT2D eigenvalue weighted by Gasteiger charge is -2.07. The van der Waals surface area contributed by atoms with Crippen LogP contribution in [0.2, 0.25) is 0 Å². The number of aromatic amines is 1. The maximum atomic E-state index is 12.5. The lowest BCUT2D eigenvalue weighted by atomic mass is 10.1. The average Bonchev–Trinajstić information content (AvgIpc) is 3.33. The normalized spacial score (nSPS) is 11.3. The molecule has 0 aliphatic carbocycles. The van der Waals surface area contributed by atoms with Crippen LogP contribution in [0.25, 0.3) is 11.3 Å². The highest BCUT2D eigenvalue weighted by molar-refractivity contribution is 6.00. The Morgan fingerprint density at radius 2 is 1.58 bits per heavy atom. The molecule has 0 saturated carbocycles. The molecule has 0 saturated heterocycles. The van der Waals surface area contributed by atoms with Gasteiger partial charge in [0.25, 0.3) is 5.91 Å². The van der Waals surface area contributed by atoms with Crippen LogP contribution >= 0.6 is 0 Å². The maximum Gasteiger partial charge on any atom is 0.289 e. The first-order chi connectivity index (χ1) is 16.0. The van der Waals surface area contributed by atoms with E-state index >= 15 is 0 Å². The summed E-state index contributed by atoms with van der Waals surface area (Å²) in [6.07, 6.45) is 0. The number of H-pyrrole nitrogens is 1. The molecule has 0 unspecified atom stereocenters. The third kappa shape index (κ3) is 5.74. The van der Waals surface area contributed by atoms with Gasteiger partial charge in [0.1, 0.15) is 18.1 Å². The Morgan fingerprint density at radius 3 is 2.24 bits per heavy atom. The lowest BCUT2D eigenvalue weighted by molar-refractivity contribution is 0.0950. The van der Waals surface area contributed by atoms with Gasteiger partial charge in [0.2, 0.25) is 0 Å². The minimum atomic E-state index is -0.349. The van der Waals surface area contributed by atoms with Crippen molar-refractivity contribution in [2.75, 3.05) is 0 Å². The first-order valence-electron chi connectivity index (χ1n) is 10.7. The monoisotopic (exact) mass is 438 g/mol. The fourth-order valence-electron chi connectivity index (χ4n) is 3.21. The van der Waals surface area contributed by atoms with Crippen LogP contribution in [0.4, 0.5) is 0 Å². The minimum Gasteiger partial charge on any atom is -0.489 e. The molecule has 4 rings (SSSR count). The zero-order chi connectivity index (χ0) is 23.2. The van der Waals surface area contributed by atoms with Gasteiger partial charge in [-0.25, -0.2) is 5.43 Å². The number of carbonyl (C=O) groups is 1. The average molecular weight is 439 g/mol. The number of ether oxygens (including phenoxy) is 1. The molecule has 0 atom stereocenters. The van der Waals surface area contributed by atoms with E-state index in [4.69, 9.17) is 4.74 Å². The summed E-state index contributed by atoms with van der Waals surface area (Å²) < 4.78 is 5.86. The van der Waals surface area contributed by atoms with Gasteiger partial charge in [-0.05, 0) is 62.2 Å². The molecular formula is C27H26N4O2. The molecule has 3 aromatic carbocycles. The Balaban J connectivity index is 1.36. The van der Waals surface area contributed by atoms with Gasteiger partial charge in [0, 0.05) is 5.56 Å². The molecule has 166 valence electrons. The summed E-state index contributed by atoms with van der Waals surface area (Å²) in [6, 6.07) is 25.6. The van der Waals surface area contributed by atoms with Crippen molar-refractivity contribution < 1.29 is 9.53 Å². The van der Waals surface area contributed by atoms with E-state index in [2.05, 4.69) is 51.9 Å². The van der Waals surface area contributed by atoms with Crippen LogP contribution in [0.5, 0.6) is 5.75 Å². The van der Waals surface area contributed by atoms with Gasteiger partial charge >= 0.3 is 0 Å². The smallest absolute Gasteiger partial charge is 0.289 e. The van der Waals surface area contributed by atoms with Crippen molar-refractivity contribution in [3.8, 4) is 17.0 Å². The highest BCUT2D eigenvalue weighted by Crippen LogP contribution is 2.22. The molecule has 1 heterocycles. The molecule has 6 heteroatoms. The second-order valence-electron chi connectivity index (χ2n) is 7.97. The van der Waals surface area contributed by atoms with Crippen LogP contribution in [0.1, 0.15) is 39.7 Å². The third-order valence-corrected chi connectivity index (χ3v) is 5.29. The van der Waals surface area contributed by atoms with E-state index in [1.807, 2.05) is 62.4 Å². The lowest BCUT2D eigenvalue weighted by Crippen LogP contribution is -2.19. The quantitative estimate of drug-likeness (QED) is 0.298. The molecule has 2 N–H and O–H groups in total. The third-order valence-electron chi connectivity index (χ3n) is 5.29. The number of nitrogens with one attached hydrogen (secondary N) is 2. The van der Waals surface area contributed by atoms with Crippen molar-refractivity contribution >= 4 is 11.6 Å². The second-order valence-corrected chi connectivity index (χ2v) is 7.97. The molecule has 0 fully saturated rings. The summed E-state index contributed by atoms with van der Waals surface area (Å²) in [5.74, 6) is 0.423. The van der Waals surface area contributed by atoms with Crippen molar-refractivity contribution in [2.45, 2.75) is 27.4 Å². The molecule has 1 amide bonds. The van der Waals surface area contributed by atoms with E-state index in [0.717, 1.165) is 28.2 Å². The van der Waals surface area contributed by atoms with Crippen molar-refractivity contribution in [2.24, 2.45) is 5.10 Å². The van der Waals surface area contributed by atoms with Crippen LogP contribution in [0.3, 0.4) is 0 Å². The topological polar surface area (TPSA) is 79.4 Å². The summed E-state index contributed by atoms with van der Waals surface area (Å²) >= 11 is 0. The number of hydrazone groups is 1. The molecule has 1 aromatic heterocycles. The predicted octanol–water partition coefficient (Wildman–Crippen LogP) is 5.43. The Labute approximate surface area is 193 Å². The summed E-state index contributed by atoms with van der Waals surface area (Å²) in [6.45, 7) is 6.45. The van der Waals surface area contributed by atoms with Crippen molar-refractivity contribution in [1.82, 2.24) is 15.6 Å². The zero-order valence-corrected chi connectivity index (χ0v) is 18.9. The van der Waals surface area contributed by atoms with Gasteiger partial charge in [-0.1, -0.05) is 59.7 Å². The van der Waals surface area contributed by atoms with Gasteiger partial charge in [0.05, 0.1) is 11.4 Å². The molecule has 0 bridgehead atoms. The number of nitrogens with zero attached hydrogens (tertiary/aromatic N) is 2. The summed E-state index contributed by atoms with van der Waals surface area (Å²) in [5.41, 5.74) is 9.67. The first-order valence-corrected chi connectivity index (χ1v) is 10.7. The van der Waals surface area contributed by atoms with E-state index in [9.17, 15) is 4.79 Å². The summed E-state index contributed by atoms with van der Waals surface area (Å²) in [7, 11) is 0. The van der Waals surface area contributed by atoms with Gasteiger partial charge in [-0.2, -0.15) is 10.2 Å². The van der Waals surface area contributed by atoms with Crippen LogP contribution in [-0.4, -0.2) is 21.8 Å². The highest BCUT2D eigenvalue weighted by Gasteiger charge is 2.11. The van der Waals surface area contributed by atoms with Gasteiger partial charge in [-0.15, -0.1) is 0 Å². The number of carbonyl (C=O) groups excluding carboxylic acids is 1. The fourth-order valence-corrected chi connectivity index (χ4v) is 3.21. The second kappa shape index (κ2) is 9.96. The predicted molar refractivity (Wildman–Crippen MR) is 130 cm³/mol. The van der Waals surface area contributed by atoms with E-state index in [1.165, 1.54) is 11.1 Å². The number of benzene rings is 3.